The number of amides is 1. The zero-order valence-corrected chi connectivity index (χ0v) is 8.70. The molecule has 0 aromatic carbocycles. The molecule has 0 bridgehead atoms. The third-order valence-corrected chi connectivity index (χ3v) is 1.64. The van der Waals surface area contributed by atoms with Gasteiger partial charge in [0.1, 0.15) is 0 Å². The molecule has 1 rings (SSSR count). The Balaban J connectivity index is 2.31. The van der Waals surface area contributed by atoms with Crippen LogP contribution in [0.15, 0.2) is 4.79 Å². The number of nitrogens with zero attached hydrogens (tertiary/aromatic N) is 1. The Hall–Kier alpha value is -2.12. The molecule has 1 aromatic heterocycles. The minimum absolute atomic E-state index is 0.0776. The minimum atomic E-state index is -0.560. The SMILES string of the molecule is CCOC(=O)CCNC(=O)c1n[nH]c(=O)[nH]1. The summed E-state index contributed by atoms with van der Waals surface area (Å²) in [6.07, 6.45) is 0.0776. The van der Waals surface area contributed by atoms with Gasteiger partial charge in [0.2, 0.25) is 5.82 Å². The van der Waals surface area contributed by atoms with Gasteiger partial charge in [-0.25, -0.2) is 9.89 Å². The fourth-order valence-electron chi connectivity index (χ4n) is 0.973. The van der Waals surface area contributed by atoms with Gasteiger partial charge in [-0.05, 0) is 6.92 Å². The molecule has 16 heavy (non-hydrogen) atoms. The third kappa shape index (κ3) is 3.56. The van der Waals surface area contributed by atoms with Gasteiger partial charge in [0, 0.05) is 6.54 Å². The number of hydrogen-bond donors (Lipinski definition) is 3. The minimum Gasteiger partial charge on any atom is -0.466 e. The zero-order chi connectivity index (χ0) is 12.0. The number of carbonyl (C=O) groups excluding carboxylic acids is 2. The molecule has 1 heterocycles. The number of H-pyrrole nitrogens is 2. The molecule has 0 spiro atoms. The number of hydrogen-bond acceptors (Lipinski definition) is 5. The molecular formula is C8H12N4O4. The van der Waals surface area contributed by atoms with Gasteiger partial charge in [-0.3, -0.25) is 14.6 Å². The van der Waals surface area contributed by atoms with E-state index in [0.717, 1.165) is 0 Å². The van der Waals surface area contributed by atoms with E-state index in [9.17, 15) is 14.4 Å². The summed E-state index contributed by atoms with van der Waals surface area (Å²) < 4.78 is 4.66. The van der Waals surface area contributed by atoms with Crippen LogP contribution in [0.3, 0.4) is 0 Å². The van der Waals surface area contributed by atoms with Crippen molar-refractivity contribution in [1.29, 1.82) is 0 Å². The molecule has 0 saturated heterocycles. The van der Waals surface area contributed by atoms with Crippen LogP contribution in [-0.2, 0) is 9.53 Å². The van der Waals surface area contributed by atoms with Crippen molar-refractivity contribution in [2.45, 2.75) is 13.3 Å². The molecule has 0 aliphatic rings. The first-order valence-electron chi connectivity index (χ1n) is 4.72. The van der Waals surface area contributed by atoms with E-state index in [0.29, 0.717) is 6.61 Å². The van der Waals surface area contributed by atoms with Crippen molar-refractivity contribution in [2.24, 2.45) is 0 Å². The second-order valence-corrected chi connectivity index (χ2v) is 2.84. The Morgan fingerprint density at radius 2 is 2.25 bits per heavy atom. The second kappa shape index (κ2) is 5.69. The summed E-state index contributed by atoms with van der Waals surface area (Å²) in [4.78, 5) is 35.0. The molecular weight excluding hydrogens is 216 g/mol. The lowest BCUT2D eigenvalue weighted by Crippen LogP contribution is -2.27. The highest BCUT2D eigenvalue weighted by Crippen LogP contribution is 1.86. The summed E-state index contributed by atoms with van der Waals surface area (Å²) in [5.41, 5.74) is -0.560. The maximum absolute atomic E-state index is 11.3. The van der Waals surface area contributed by atoms with E-state index in [4.69, 9.17) is 0 Å². The molecule has 1 aromatic rings. The highest BCUT2D eigenvalue weighted by atomic mass is 16.5. The van der Waals surface area contributed by atoms with Crippen LogP contribution in [-0.4, -0.2) is 40.2 Å². The fourth-order valence-corrected chi connectivity index (χ4v) is 0.973. The average molecular weight is 228 g/mol. The van der Waals surface area contributed by atoms with Gasteiger partial charge in [-0.2, -0.15) is 0 Å². The molecule has 0 atom stereocenters. The molecule has 8 nitrogen and oxygen atoms in total. The quantitative estimate of drug-likeness (QED) is 0.546. The second-order valence-electron chi connectivity index (χ2n) is 2.84. The fraction of sp³-hybridized carbons (Fsp3) is 0.500. The zero-order valence-electron chi connectivity index (χ0n) is 8.70. The Labute approximate surface area is 90.4 Å². The van der Waals surface area contributed by atoms with E-state index in [1.165, 1.54) is 0 Å². The van der Waals surface area contributed by atoms with Gasteiger partial charge >= 0.3 is 11.7 Å². The summed E-state index contributed by atoms with van der Waals surface area (Å²) in [7, 11) is 0. The lowest BCUT2D eigenvalue weighted by atomic mass is 10.4. The maximum Gasteiger partial charge on any atom is 0.341 e. The lowest BCUT2D eigenvalue weighted by Gasteiger charge is -2.02. The van der Waals surface area contributed by atoms with E-state index in [1.54, 1.807) is 6.92 Å². The smallest absolute Gasteiger partial charge is 0.341 e. The van der Waals surface area contributed by atoms with Crippen molar-refractivity contribution in [3.63, 3.8) is 0 Å². The van der Waals surface area contributed by atoms with Crippen LogP contribution in [0.2, 0.25) is 0 Å². The molecule has 0 unspecified atom stereocenters. The molecule has 0 fully saturated rings. The maximum atomic E-state index is 11.3. The Morgan fingerprint density at radius 3 is 2.81 bits per heavy atom. The van der Waals surface area contributed by atoms with Gasteiger partial charge in [0.05, 0.1) is 13.0 Å². The highest BCUT2D eigenvalue weighted by molar-refractivity contribution is 5.90. The van der Waals surface area contributed by atoms with Crippen molar-refractivity contribution < 1.29 is 14.3 Å². The Bertz CT molecular complexity index is 422. The lowest BCUT2D eigenvalue weighted by molar-refractivity contribution is -0.142. The summed E-state index contributed by atoms with van der Waals surface area (Å²) in [6.45, 7) is 2.14. The average Bonchev–Trinajstić information content (AvgIpc) is 2.65. The van der Waals surface area contributed by atoms with Crippen molar-refractivity contribution in [2.75, 3.05) is 13.2 Å². The number of ether oxygens (including phenoxy) is 1. The van der Waals surface area contributed by atoms with E-state index in [1.807, 2.05) is 0 Å². The van der Waals surface area contributed by atoms with Crippen molar-refractivity contribution in [3.05, 3.63) is 16.3 Å². The van der Waals surface area contributed by atoms with E-state index < -0.39 is 17.6 Å². The first kappa shape index (κ1) is 12.0. The van der Waals surface area contributed by atoms with Crippen molar-refractivity contribution >= 4 is 11.9 Å². The van der Waals surface area contributed by atoms with Crippen LogP contribution < -0.4 is 11.0 Å². The summed E-state index contributed by atoms with van der Waals surface area (Å²) in [6, 6.07) is 0. The number of esters is 1. The van der Waals surface area contributed by atoms with E-state index in [2.05, 4.69) is 25.2 Å². The topological polar surface area (TPSA) is 117 Å². The van der Waals surface area contributed by atoms with Crippen LogP contribution >= 0.6 is 0 Å². The van der Waals surface area contributed by atoms with Crippen LogP contribution in [0.25, 0.3) is 0 Å². The molecule has 0 aliphatic heterocycles. The van der Waals surface area contributed by atoms with E-state index in [-0.39, 0.29) is 18.8 Å². The monoisotopic (exact) mass is 228 g/mol. The van der Waals surface area contributed by atoms with Crippen LogP contribution in [0.1, 0.15) is 24.0 Å². The number of carbonyl (C=O) groups is 2. The standard InChI is InChI=1S/C8H12N4O4/c1-2-16-5(13)3-4-9-7(14)6-10-8(15)12-11-6/h2-4H2,1H3,(H,9,14)(H2,10,11,12,15). The summed E-state index contributed by atoms with van der Waals surface area (Å²) in [5.74, 6) is -1.06. The van der Waals surface area contributed by atoms with Crippen molar-refractivity contribution in [3.8, 4) is 0 Å². The number of aromatic nitrogens is 3. The van der Waals surface area contributed by atoms with E-state index >= 15 is 0 Å². The molecule has 0 aliphatic carbocycles. The molecule has 0 radical (unpaired) electrons. The predicted octanol–water partition coefficient (Wildman–Crippen LogP) is -1.22. The number of rotatable bonds is 5. The molecule has 3 N–H and O–H groups in total. The third-order valence-electron chi connectivity index (χ3n) is 1.64. The first-order valence-corrected chi connectivity index (χ1v) is 4.72. The number of aromatic amines is 2. The van der Waals surface area contributed by atoms with Crippen molar-refractivity contribution in [1.82, 2.24) is 20.5 Å². The van der Waals surface area contributed by atoms with Gasteiger partial charge in [0.15, 0.2) is 0 Å². The van der Waals surface area contributed by atoms with Crippen LogP contribution in [0, 0.1) is 0 Å². The Kier molecular flexibility index (Phi) is 4.25. The van der Waals surface area contributed by atoms with Gasteiger partial charge in [-0.15, -0.1) is 5.10 Å². The predicted molar refractivity (Wildman–Crippen MR) is 52.8 cm³/mol. The van der Waals surface area contributed by atoms with Crippen LogP contribution in [0.4, 0.5) is 0 Å². The van der Waals surface area contributed by atoms with Gasteiger partial charge in [0.25, 0.3) is 5.91 Å². The first-order chi connectivity index (χ1) is 7.63. The van der Waals surface area contributed by atoms with Crippen LogP contribution in [0.5, 0.6) is 0 Å². The largest absolute Gasteiger partial charge is 0.466 e. The molecule has 88 valence electrons. The highest BCUT2D eigenvalue weighted by Gasteiger charge is 2.10. The summed E-state index contributed by atoms with van der Waals surface area (Å²) >= 11 is 0. The molecule has 8 heteroatoms. The number of nitrogens with one attached hydrogen (secondary N) is 3. The Morgan fingerprint density at radius 1 is 1.50 bits per heavy atom. The van der Waals surface area contributed by atoms with Gasteiger partial charge < -0.3 is 10.1 Å². The summed E-state index contributed by atoms with van der Waals surface area (Å²) in [5, 5.41) is 7.89. The normalized spacial score (nSPS) is 9.81. The molecule has 0 saturated carbocycles. The van der Waals surface area contributed by atoms with Gasteiger partial charge in [-0.1, -0.05) is 0 Å². The molecule has 1 amide bonds.